The molecule has 2 aromatic heterocycles. The molecule has 4 rings (SSSR count). The Bertz CT molecular complexity index is 854. The van der Waals surface area contributed by atoms with Gasteiger partial charge in [0.25, 0.3) is 0 Å². The lowest BCUT2D eigenvalue weighted by molar-refractivity contribution is 0.209. The van der Waals surface area contributed by atoms with Crippen molar-refractivity contribution in [3.8, 4) is 0 Å². The molecule has 1 saturated heterocycles. The van der Waals surface area contributed by atoms with Crippen LogP contribution in [0.2, 0.25) is 10.0 Å². The molecule has 0 spiro atoms. The van der Waals surface area contributed by atoms with Crippen LogP contribution in [0.25, 0.3) is 5.65 Å². The minimum atomic E-state index is 0.535. The van der Waals surface area contributed by atoms with E-state index in [4.69, 9.17) is 23.2 Å². The molecule has 0 radical (unpaired) electrons. The molecule has 1 aliphatic heterocycles. The molecule has 25 heavy (non-hydrogen) atoms. The average molecular weight is 375 g/mol. The molecule has 3 heterocycles. The fourth-order valence-electron chi connectivity index (χ4n) is 3.39. The minimum absolute atomic E-state index is 0.535. The normalized spacial score (nSPS) is 16.4. The van der Waals surface area contributed by atoms with Crippen LogP contribution in [0.4, 0.5) is 5.69 Å². The lowest BCUT2D eigenvalue weighted by Crippen LogP contribution is -2.38. The highest BCUT2D eigenvalue weighted by Gasteiger charge is 2.20. The van der Waals surface area contributed by atoms with Crippen LogP contribution in [-0.2, 0) is 6.54 Å². The highest BCUT2D eigenvalue weighted by Crippen LogP contribution is 2.23. The monoisotopic (exact) mass is 374 g/mol. The first-order valence-corrected chi connectivity index (χ1v) is 9.29. The number of benzene rings is 1. The Labute approximate surface area is 157 Å². The fraction of sp³-hybridized carbons (Fsp3) is 0.316. The van der Waals surface area contributed by atoms with Gasteiger partial charge in [-0.1, -0.05) is 41.4 Å². The van der Waals surface area contributed by atoms with E-state index >= 15 is 0 Å². The van der Waals surface area contributed by atoms with Crippen molar-refractivity contribution < 1.29 is 0 Å². The molecule has 130 valence electrons. The Hall–Kier alpha value is -1.75. The number of anilines is 1. The number of halogens is 2. The van der Waals surface area contributed by atoms with Crippen LogP contribution in [0.15, 0.2) is 48.8 Å². The smallest absolute Gasteiger partial charge is 0.156 e. The molecule has 0 unspecified atom stereocenters. The Morgan fingerprint density at radius 3 is 2.60 bits per heavy atom. The predicted octanol–water partition coefficient (Wildman–Crippen LogP) is 4.72. The minimum Gasteiger partial charge on any atom is -0.382 e. The first kappa shape index (κ1) is 16.7. The molecule has 0 saturated carbocycles. The maximum absolute atomic E-state index is 6.22. The van der Waals surface area contributed by atoms with Crippen molar-refractivity contribution in [1.29, 1.82) is 0 Å². The number of fused-ring (bicyclic) bond motifs is 1. The van der Waals surface area contributed by atoms with Crippen molar-refractivity contribution in [1.82, 2.24) is 14.3 Å². The summed E-state index contributed by atoms with van der Waals surface area (Å²) in [6.45, 7) is 2.97. The zero-order valence-electron chi connectivity index (χ0n) is 13.8. The molecule has 1 N–H and O–H groups in total. The number of rotatable bonds is 4. The Morgan fingerprint density at radius 1 is 1.08 bits per heavy atom. The van der Waals surface area contributed by atoms with Gasteiger partial charge in [-0.15, -0.1) is 0 Å². The van der Waals surface area contributed by atoms with Gasteiger partial charge in [-0.2, -0.15) is 0 Å². The van der Waals surface area contributed by atoms with Crippen LogP contribution in [0.5, 0.6) is 0 Å². The molecular formula is C19H20Cl2N4. The quantitative estimate of drug-likeness (QED) is 0.716. The summed E-state index contributed by atoms with van der Waals surface area (Å²) < 4.78 is 1.91. The summed E-state index contributed by atoms with van der Waals surface area (Å²) in [5.41, 5.74) is 2.99. The number of nitrogens with one attached hydrogen (secondary N) is 1. The largest absolute Gasteiger partial charge is 0.382 e. The molecule has 1 fully saturated rings. The summed E-state index contributed by atoms with van der Waals surface area (Å²) >= 11 is 12.3. The van der Waals surface area contributed by atoms with Crippen LogP contribution in [0, 0.1) is 0 Å². The lowest BCUT2D eigenvalue weighted by Gasteiger charge is -2.32. The first-order chi connectivity index (χ1) is 12.2. The Morgan fingerprint density at radius 2 is 1.84 bits per heavy atom. The van der Waals surface area contributed by atoms with Gasteiger partial charge in [0.15, 0.2) is 5.65 Å². The number of hydrogen-bond donors (Lipinski definition) is 1. The molecule has 3 aromatic rings. The second-order valence-corrected chi connectivity index (χ2v) is 7.37. The lowest BCUT2D eigenvalue weighted by atomic mass is 10.0. The first-order valence-electron chi connectivity index (χ1n) is 8.54. The van der Waals surface area contributed by atoms with E-state index in [2.05, 4.69) is 39.5 Å². The summed E-state index contributed by atoms with van der Waals surface area (Å²) in [5, 5.41) is 4.83. The number of imidazole rings is 1. The number of piperidine rings is 1. The van der Waals surface area contributed by atoms with Gasteiger partial charge in [0.1, 0.15) is 0 Å². The van der Waals surface area contributed by atoms with Crippen LogP contribution < -0.4 is 5.32 Å². The van der Waals surface area contributed by atoms with E-state index in [1.807, 2.05) is 22.9 Å². The standard InChI is InChI=1S/C19H20Cl2N4/c20-14-10-18(21)19-23-17(13-25(19)11-14)12-24-8-6-16(7-9-24)22-15-4-2-1-3-5-15/h1-5,10-11,13,16,22H,6-9,12H2. The van der Waals surface area contributed by atoms with E-state index in [1.165, 1.54) is 5.69 Å². The summed E-state index contributed by atoms with van der Waals surface area (Å²) in [7, 11) is 0. The maximum Gasteiger partial charge on any atom is 0.156 e. The van der Waals surface area contributed by atoms with Crippen molar-refractivity contribution in [2.24, 2.45) is 0 Å². The molecule has 4 nitrogen and oxygen atoms in total. The molecule has 6 heteroatoms. The van der Waals surface area contributed by atoms with Crippen LogP contribution in [-0.4, -0.2) is 33.4 Å². The summed E-state index contributed by atoms with van der Waals surface area (Å²) in [4.78, 5) is 7.09. The van der Waals surface area contributed by atoms with E-state index in [9.17, 15) is 0 Å². The summed E-state index contributed by atoms with van der Waals surface area (Å²) in [6, 6.07) is 12.7. The van der Waals surface area contributed by atoms with Gasteiger partial charge in [0, 0.05) is 43.8 Å². The molecule has 0 amide bonds. The Balaban J connectivity index is 1.36. The summed E-state index contributed by atoms with van der Waals surface area (Å²) in [5.74, 6) is 0. The van der Waals surface area contributed by atoms with Gasteiger partial charge in [0.2, 0.25) is 0 Å². The van der Waals surface area contributed by atoms with Crippen LogP contribution in [0.3, 0.4) is 0 Å². The number of likely N-dealkylation sites (tertiary alicyclic amines) is 1. The number of para-hydroxylation sites is 1. The maximum atomic E-state index is 6.22. The van der Waals surface area contributed by atoms with Crippen molar-refractivity contribution in [3.05, 3.63) is 64.5 Å². The number of pyridine rings is 1. The topological polar surface area (TPSA) is 32.6 Å². The van der Waals surface area contributed by atoms with Gasteiger partial charge in [-0.25, -0.2) is 4.98 Å². The summed E-state index contributed by atoms with van der Waals surface area (Å²) in [6.07, 6.45) is 6.13. The van der Waals surface area contributed by atoms with E-state index in [-0.39, 0.29) is 0 Å². The van der Waals surface area contributed by atoms with Gasteiger partial charge < -0.3 is 9.72 Å². The van der Waals surface area contributed by atoms with Crippen LogP contribution in [0.1, 0.15) is 18.5 Å². The average Bonchev–Trinajstić information content (AvgIpc) is 3.00. The third kappa shape index (κ3) is 3.92. The number of nitrogens with zero attached hydrogens (tertiary/aromatic N) is 3. The van der Waals surface area contributed by atoms with E-state index < -0.39 is 0 Å². The van der Waals surface area contributed by atoms with E-state index in [1.54, 1.807) is 6.07 Å². The van der Waals surface area contributed by atoms with E-state index in [0.29, 0.717) is 16.1 Å². The van der Waals surface area contributed by atoms with Crippen molar-refractivity contribution in [2.45, 2.75) is 25.4 Å². The molecule has 0 aliphatic carbocycles. The molecular weight excluding hydrogens is 355 g/mol. The molecule has 0 bridgehead atoms. The van der Waals surface area contributed by atoms with E-state index in [0.717, 1.165) is 43.8 Å². The fourth-order valence-corrected chi connectivity index (χ4v) is 3.91. The molecule has 1 aromatic carbocycles. The van der Waals surface area contributed by atoms with Crippen molar-refractivity contribution >= 4 is 34.5 Å². The Kier molecular flexibility index (Phi) is 4.84. The number of aromatic nitrogens is 2. The van der Waals surface area contributed by atoms with Gasteiger partial charge >= 0.3 is 0 Å². The third-order valence-electron chi connectivity index (χ3n) is 4.64. The zero-order valence-corrected chi connectivity index (χ0v) is 15.3. The second-order valence-electron chi connectivity index (χ2n) is 6.53. The van der Waals surface area contributed by atoms with Gasteiger partial charge in [-0.05, 0) is 31.0 Å². The van der Waals surface area contributed by atoms with Crippen LogP contribution >= 0.6 is 23.2 Å². The predicted molar refractivity (Wildman–Crippen MR) is 104 cm³/mol. The van der Waals surface area contributed by atoms with Gasteiger partial charge in [-0.3, -0.25) is 4.90 Å². The molecule has 1 aliphatic rings. The van der Waals surface area contributed by atoms with Crippen molar-refractivity contribution in [2.75, 3.05) is 18.4 Å². The zero-order chi connectivity index (χ0) is 17.2. The highest BCUT2D eigenvalue weighted by molar-refractivity contribution is 6.36. The third-order valence-corrected chi connectivity index (χ3v) is 5.13. The number of hydrogen-bond acceptors (Lipinski definition) is 3. The van der Waals surface area contributed by atoms with Crippen molar-refractivity contribution in [3.63, 3.8) is 0 Å². The second kappa shape index (κ2) is 7.24. The molecule has 0 atom stereocenters. The van der Waals surface area contributed by atoms with Gasteiger partial charge in [0.05, 0.1) is 15.7 Å². The highest BCUT2D eigenvalue weighted by atomic mass is 35.5. The SMILES string of the molecule is Clc1cc(Cl)c2nc(CN3CCC(Nc4ccccc4)CC3)cn2c1.